The number of aromatic nitrogens is 1. The summed E-state index contributed by atoms with van der Waals surface area (Å²) in [5.74, 6) is 0.0147. The summed E-state index contributed by atoms with van der Waals surface area (Å²) in [7, 11) is 2.17. The summed E-state index contributed by atoms with van der Waals surface area (Å²) >= 11 is 3.42. The Kier molecular flexibility index (Phi) is 6.26. The van der Waals surface area contributed by atoms with Crippen LogP contribution in [0.5, 0.6) is 0 Å². The van der Waals surface area contributed by atoms with Crippen molar-refractivity contribution in [3.05, 3.63) is 22.4 Å². The molecule has 0 aromatic carbocycles. The van der Waals surface area contributed by atoms with E-state index in [-0.39, 0.29) is 5.91 Å². The van der Waals surface area contributed by atoms with E-state index in [1.165, 1.54) is 0 Å². The second-order valence-electron chi connectivity index (χ2n) is 5.58. The second kappa shape index (κ2) is 7.96. The van der Waals surface area contributed by atoms with Crippen LogP contribution in [0.1, 0.15) is 23.8 Å². The fourth-order valence-electron chi connectivity index (χ4n) is 2.59. The summed E-state index contributed by atoms with van der Waals surface area (Å²) in [6, 6.07) is 1.87. The summed E-state index contributed by atoms with van der Waals surface area (Å²) in [6.45, 7) is 9.19. The molecule has 1 aliphatic rings. The standard InChI is InChI=1S/C15H25BrN4O/c1-3-20-12-13(16)11-14(20)15(21)17-5-4-6-19-9-7-18(2)8-10-19/h11-12H,3-10H2,1-2H3,(H,17,21). The number of hydrogen-bond donors (Lipinski definition) is 1. The van der Waals surface area contributed by atoms with Gasteiger partial charge in [0.05, 0.1) is 0 Å². The normalized spacial score (nSPS) is 17.1. The SMILES string of the molecule is CCn1cc(Br)cc1C(=O)NCCCN1CCN(C)CC1. The number of carbonyl (C=O) groups is 1. The predicted octanol–water partition coefficient (Wildman–Crippen LogP) is 1.64. The van der Waals surface area contributed by atoms with Crippen LogP contribution < -0.4 is 5.32 Å². The number of likely N-dealkylation sites (N-methyl/N-ethyl adjacent to an activating group) is 1. The minimum atomic E-state index is 0.0147. The third kappa shape index (κ3) is 4.83. The maximum atomic E-state index is 12.2. The number of nitrogens with zero attached hydrogens (tertiary/aromatic N) is 3. The molecular formula is C15H25BrN4O. The third-order valence-corrected chi connectivity index (χ3v) is 4.40. The first-order chi connectivity index (χ1) is 10.1. The van der Waals surface area contributed by atoms with E-state index in [1.54, 1.807) is 0 Å². The van der Waals surface area contributed by atoms with Crippen LogP contribution in [-0.2, 0) is 6.54 Å². The molecule has 0 aliphatic carbocycles. The van der Waals surface area contributed by atoms with Gasteiger partial charge in [0, 0.05) is 49.9 Å². The van der Waals surface area contributed by atoms with Crippen LogP contribution in [-0.4, -0.2) is 66.6 Å². The van der Waals surface area contributed by atoms with Crippen molar-refractivity contribution in [2.24, 2.45) is 0 Å². The summed E-state index contributed by atoms with van der Waals surface area (Å²) in [4.78, 5) is 17.0. The van der Waals surface area contributed by atoms with Gasteiger partial charge in [0.25, 0.3) is 5.91 Å². The Hall–Kier alpha value is -0.850. The van der Waals surface area contributed by atoms with Crippen LogP contribution in [0.25, 0.3) is 0 Å². The number of aryl methyl sites for hydroxylation is 1. The van der Waals surface area contributed by atoms with Crippen molar-refractivity contribution in [1.29, 1.82) is 0 Å². The maximum absolute atomic E-state index is 12.2. The van der Waals surface area contributed by atoms with Gasteiger partial charge in [0.2, 0.25) is 0 Å². The molecule has 1 aliphatic heterocycles. The fourth-order valence-corrected chi connectivity index (χ4v) is 3.06. The van der Waals surface area contributed by atoms with Crippen LogP contribution in [0.2, 0.25) is 0 Å². The van der Waals surface area contributed by atoms with Crippen molar-refractivity contribution >= 4 is 21.8 Å². The molecule has 0 atom stereocenters. The van der Waals surface area contributed by atoms with E-state index in [9.17, 15) is 4.79 Å². The van der Waals surface area contributed by atoms with Gasteiger partial charge >= 0.3 is 0 Å². The lowest BCUT2D eigenvalue weighted by atomic mass is 10.3. The Morgan fingerprint density at radius 3 is 2.71 bits per heavy atom. The molecule has 0 bridgehead atoms. The highest BCUT2D eigenvalue weighted by Gasteiger charge is 2.14. The van der Waals surface area contributed by atoms with Gasteiger partial charge in [-0.15, -0.1) is 0 Å². The summed E-state index contributed by atoms with van der Waals surface area (Å²) in [5, 5.41) is 3.02. The number of hydrogen-bond acceptors (Lipinski definition) is 3. The Morgan fingerprint density at radius 2 is 2.05 bits per heavy atom. The first kappa shape index (κ1) is 16.5. The number of carbonyl (C=O) groups excluding carboxylic acids is 1. The van der Waals surface area contributed by atoms with Crippen molar-refractivity contribution < 1.29 is 4.79 Å². The lowest BCUT2D eigenvalue weighted by molar-refractivity contribution is 0.0940. The summed E-state index contributed by atoms with van der Waals surface area (Å²) in [5.41, 5.74) is 0.726. The van der Waals surface area contributed by atoms with Gasteiger partial charge in [-0.05, 0) is 48.9 Å². The highest BCUT2D eigenvalue weighted by Crippen LogP contribution is 2.14. The molecule has 1 aromatic heterocycles. The van der Waals surface area contributed by atoms with Crippen molar-refractivity contribution in [1.82, 2.24) is 19.7 Å². The van der Waals surface area contributed by atoms with Crippen LogP contribution in [0.4, 0.5) is 0 Å². The van der Waals surface area contributed by atoms with E-state index in [1.807, 2.05) is 23.8 Å². The van der Waals surface area contributed by atoms with Gasteiger partial charge in [0.15, 0.2) is 0 Å². The molecule has 1 amide bonds. The highest BCUT2D eigenvalue weighted by molar-refractivity contribution is 9.10. The Labute approximate surface area is 135 Å². The lowest BCUT2D eigenvalue weighted by Crippen LogP contribution is -2.45. The molecule has 0 saturated carbocycles. The van der Waals surface area contributed by atoms with E-state index in [0.717, 1.165) is 62.4 Å². The molecule has 2 heterocycles. The molecule has 0 radical (unpaired) electrons. The predicted molar refractivity (Wildman–Crippen MR) is 88.7 cm³/mol. The number of rotatable bonds is 6. The molecule has 1 N–H and O–H groups in total. The van der Waals surface area contributed by atoms with Crippen molar-refractivity contribution in [3.8, 4) is 0 Å². The molecular weight excluding hydrogens is 332 g/mol. The van der Waals surface area contributed by atoms with Gasteiger partial charge in [-0.1, -0.05) is 0 Å². The second-order valence-corrected chi connectivity index (χ2v) is 6.50. The number of halogens is 1. The third-order valence-electron chi connectivity index (χ3n) is 3.97. The molecule has 2 rings (SSSR count). The van der Waals surface area contributed by atoms with Crippen molar-refractivity contribution in [2.75, 3.05) is 46.3 Å². The number of nitrogens with one attached hydrogen (secondary N) is 1. The molecule has 21 heavy (non-hydrogen) atoms. The molecule has 1 saturated heterocycles. The van der Waals surface area contributed by atoms with E-state index in [2.05, 4.69) is 38.1 Å². The first-order valence-electron chi connectivity index (χ1n) is 7.65. The zero-order valence-corrected chi connectivity index (χ0v) is 14.5. The smallest absolute Gasteiger partial charge is 0.267 e. The van der Waals surface area contributed by atoms with Gasteiger partial charge in [-0.25, -0.2) is 0 Å². The lowest BCUT2D eigenvalue weighted by Gasteiger charge is -2.32. The minimum Gasteiger partial charge on any atom is -0.351 e. The average molecular weight is 357 g/mol. The Balaban J connectivity index is 1.69. The van der Waals surface area contributed by atoms with E-state index < -0.39 is 0 Å². The van der Waals surface area contributed by atoms with Crippen molar-refractivity contribution in [3.63, 3.8) is 0 Å². The van der Waals surface area contributed by atoms with Gasteiger partial charge in [-0.3, -0.25) is 4.79 Å². The monoisotopic (exact) mass is 356 g/mol. The molecule has 1 fully saturated rings. The molecule has 1 aromatic rings. The quantitative estimate of drug-likeness (QED) is 0.787. The molecule has 0 unspecified atom stereocenters. The summed E-state index contributed by atoms with van der Waals surface area (Å²) < 4.78 is 2.91. The molecule has 118 valence electrons. The van der Waals surface area contributed by atoms with Crippen LogP contribution >= 0.6 is 15.9 Å². The van der Waals surface area contributed by atoms with E-state index in [0.29, 0.717) is 0 Å². The zero-order chi connectivity index (χ0) is 15.2. The number of piperazine rings is 1. The first-order valence-corrected chi connectivity index (χ1v) is 8.44. The van der Waals surface area contributed by atoms with Gasteiger partial charge < -0.3 is 19.7 Å². The highest BCUT2D eigenvalue weighted by atomic mass is 79.9. The topological polar surface area (TPSA) is 40.5 Å². The number of amides is 1. The summed E-state index contributed by atoms with van der Waals surface area (Å²) in [6.07, 6.45) is 2.95. The van der Waals surface area contributed by atoms with Crippen molar-refractivity contribution in [2.45, 2.75) is 19.9 Å². The average Bonchev–Trinajstić information content (AvgIpc) is 2.86. The van der Waals surface area contributed by atoms with E-state index >= 15 is 0 Å². The molecule has 6 heteroatoms. The maximum Gasteiger partial charge on any atom is 0.267 e. The van der Waals surface area contributed by atoms with E-state index in [4.69, 9.17) is 0 Å². The Morgan fingerprint density at radius 1 is 1.33 bits per heavy atom. The van der Waals surface area contributed by atoms with Gasteiger partial charge in [0.1, 0.15) is 5.69 Å². The van der Waals surface area contributed by atoms with Crippen LogP contribution in [0.3, 0.4) is 0 Å². The molecule has 5 nitrogen and oxygen atoms in total. The largest absolute Gasteiger partial charge is 0.351 e. The van der Waals surface area contributed by atoms with Gasteiger partial charge in [-0.2, -0.15) is 0 Å². The van der Waals surface area contributed by atoms with Crippen LogP contribution in [0, 0.1) is 0 Å². The fraction of sp³-hybridized carbons (Fsp3) is 0.667. The zero-order valence-electron chi connectivity index (χ0n) is 12.9. The molecule has 0 spiro atoms. The van der Waals surface area contributed by atoms with Crippen LogP contribution in [0.15, 0.2) is 16.7 Å². The Bertz CT molecular complexity index is 466. The minimum absolute atomic E-state index is 0.0147.